The van der Waals surface area contributed by atoms with Crippen LogP contribution in [-0.2, 0) is 6.42 Å². The molecule has 0 bridgehead atoms. The Morgan fingerprint density at radius 1 is 1.14 bits per heavy atom. The first-order chi connectivity index (χ1) is 10.4. The Morgan fingerprint density at radius 3 is 2.62 bits per heavy atom. The molecule has 0 aliphatic heterocycles. The predicted octanol–water partition coefficient (Wildman–Crippen LogP) is 4.62. The molecule has 0 unspecified atom stereocenters. The van der Waals surface area contributed by atoms with Crippen LogP contribution in [0, 0.1) is 0 Å². The number of rotatable bonds is 5. The Labute approximate surface area is 131 Å². The van der Waals surface area contributed by atoms with Crippen LogP contribution in [-0.4, -0.2) is 18.6 Å². The van der Waals surface area contributed by atoms with E-state index in [4.69, 9.17) is 4.98 Å². The van der Waals surface area contributed by atoms with Gasteiger partial charge in [0.15, 0.2) is 0 Å². The fourth-order valence-electron chi connectivity index (χ4n) is 3.15. The quantitative estimate of drug-likeness (QED) is 0.871. The molecule has 1 fully saturated rings. The summed E-state index contributed by atoms with van der Waals surface area (Å²) in [5, 5.41) is 6.58. The first-order valence-corrected chi connectivity index (χ1v) is 8.94. The molecule has 0 atom stereocenters. The zero-order chi connectivity index (χ0) is 14.5. The molecule has 1 saturated carbocycles. The summed E-state index contributed by atoms with van der Waals surface area (Å²) in [5.41, 5.74) is 3.90. The number of likely N-dealkylation sites (N-methyl/N-ethyl adjacent to an activating group) is 1. The number of aromatic nitrogens is 1. The van der Waals surface area contributed by atoms with Crippen LogP contribution in [0.3, 0.4) is 0 Å². The highest BCUT2D eigenvalue weighted by molar-refractivity contribution is 7.09. The average Bonchev–Trinajstić information content (AvgIpc) is 3.03. The third-order valence-electron chi connectivity index (χ3n) is 4.42. The average molecular weight is 300 g/mol. The van der Waals surface area contributed by atoms with Crippen LogP contribution in [0.4, 0.5) is 0 Å². The van der Waals surface area contributed by atoms with E-state index in [1.54, 1.807) is 11.3 Å². The molecule has 1 heterocycles. The third kappa shape index (κ3) is 3.72. The van der Waals surface area contributed by atoms with E-state index in [2.05, 4.69) is 35.0 Å². The number of thiazole rings is 1. The maximum Gasteiger partial charge on any atom is 0.0945 e. The Kier molecular flexibility index (Phi) is 5.04. The van der Waals surface area contributed by atoms with Gasteiger partial charge in [-0.15, -0.1) is 11.3 Å². The molecule has 1 aliphatic carbocycles. The van der Waals surface area contributed by atoms with Crippen molar-refractivity contribution in [2.24, 2.45) is 0 Å². The van der Waals surface area contributed by atoms with Gasteiger partial charge in [0.1, 0.15) is 0 Å². The van der Waals surface area contributed by atoms with Crippen molar-refractivity contribution in [1.29, 1.82) is 0 Å². The lowest BCUT2D eigenvalue weighted by atomic mass is 9.84. The molecule has 0 spiro atoms. The van der Waals surface area contributed by atoms with Crippen LogP contribution in [0.2, 0.25) is 0 Å². The summed E-state index contributed by atoms with van der Waals surface area (Å²) in [6.07, 6.45) is 7.96. The van der Waals surface area contributed by atoms with E-state index in [1.807, 2.05) is 7.05 Å². The number of hydrogen-bond acceptors (Lipinski definition) is 3. The second-order valence-electron chi connectivity index (χ2n) is 5.94. The summed E-state index contributed by atoms with van der Waals surface area (Å²) in [4.78, 5) is 4.74. The van der Waals surface area contributed by atoms with Crippen LogP contribution >= 0.6 is 11.3 Å². The molecule has 21 heavy (non-hydrogen) atoms. The molecule has 0 amide bonds. The first-order valence-electron chi connectivity index (χ1n) is 8.06. The number of nitrogens with one attached hydrogen (secondary N) is 1. The van der Waals surface area contributed by atoms with E-state index in [0.29, 0.717) is 0 Å². The topological polar surface area (TPSA) is 24.9 Å². The lowest BCUT2D eigenvalue weighted by molar-refractivity contribution is 0.443. The molecule has 1 aromatic carbocycles. The minimum absolute atomic E-state index is 0.787. The second-order valence-corrected chi connectivity index (χ2v) is 6.88. The lowest BCUT2D eigenvalue weighted by Crippen LogP contribution is -2.09. The van der Waals surface area contributed by atoms with E-state index in [1.165, 1.54) is 48.2 Å². The molecule has 0 radical (unpaired) electrons. The molecule has 2 aromatic rings. The molecule has 0 saturated heterocycles. The van der Waals surface area contributed by atoms with Crippen molar-refractivity contribution in [2.45, 2.75) is 44.4 Å². The molecule has 2 nitrogen and oxygen atoms in total. The van der Waals surface area contributed by atoms with Crippen LogP contribution in [0.15, 0.2) is 29.6 Å². The van der Waals surface area contributed by atoms with Gasteiger partial charge in [0.2, 0.25) is 0 Å². The summed E-state index contributed by atoms with van der Waals surface area (Å²) in [6, 6.07) is 9.14. The second kappa shape index (κ2) is 7.19. The molecular formula is C18H24N2S. The molecule has 3 rings (SSSR count). The van der Waals surface area contributed by atoms with Crippen LogP contribution in [0.25, 0.3) is 11.3 Å². The predicted molar refractivity (Wildman–Crippen MR) is 91.0 cm³/mol. The number of hydrogen-bond donors (Lipinski definition) is 1. The van der Waals surface area contributed by atoms with Gasteiger partial charge in [-0.3, -0.25) is 0 Å². The highest BCUT2D eigenvalue weighted by atomic mass is 32.1. The lowest BCUT2D eigenvalue weighted by Gasteiger charge is -2.22. The fourth-order valence-corrected chi connectivity index (χ4v) is 3.96. The normalized spacial score (nSPS) is 16.2. The summed E-state index contributed by atoms with van der Waals surface area (Å²) in [5.74, 6) is 0.787. The Morgan fingerprint density at radius 2 is 1.90 bits per heavy atom. The molecule has 1 N–H and O–H groups in total. The van der Waals surface area contributed by atoms with E-state index in [-0.39, 0.29) is 0 Å². The highest BCUT2D eigenvalue weighted by Gasteiger charge is 2.15. The summed E-state index contributed by atoms with van der Waals surface area (Å²) in [6.45, 7) is 0.994. The number of nitrogens with zero attached hydrogens (tertiary/aromatic N) is 1. The van der Waals surface area contributed by atoms with Gasteiger partial charge < -0.3 is 5.32 Å². The first kappa shape index (κ1) is 14.7. The van der Waals surface area contributed by atoms with E-state index in [0.717, 1.165) is 24.6 Å². The molecule has 3 heteroatoms. The Bertz CT molecular complexity index is 553. The fraction of sp³-hybridized carbons (Fsp3) is 0.500. The molecule has 1 aromatic heterocycles. The van der Waals surface area contributed by atoms with Gasteiger partial charge in [0.05, 0.1) is 10.7 Å². The monoisotopic (exact) mass is 300 g/mol. The minimum Gasteiger partial charge on any atom is -0.319 e. The van der Waals surface area contributed by atoms with E-state index >= 15 is 0 Å². The van der Waals surface area contributed by atoms with Crippen molar-refractivity contribution in [3.8, 4) is 11.3 Å². The van der Waals surface area contributed by atoms with Crippen LogP contribution in [0.1, 0.15) is 48.6 Å². The third-order valence-corrected chi connectivity index (χ3v) is 5.33. The number of benzene rings is 1. The van der Waals surface area contributed by atoms with Gasteiger partial charge >= 0.3 is 0 Å². The maximum absolute atomic E-state index is 4.74. The molecular weight excluding hydrogens is 276 g/mol. The smallest absolute Gasteiger partial charge is 0.0945 e. The van der Waals surface area contributed by atoms with Crippen molar-refractivity contribution < 1.29 is 0 Å². The van der Waals surface area contributed by atoms with Crippen LogP contribution < -0.4 is 5.32 Å². The van der Waals surface area contributed by atoms with Crippen molar-refractivity contribution in [3.63, 3.8) is 0 Å². The minimum atomic E-state index is 0.787. The zero-order valence-corrected chi connectivity index (χ0v) is 13.6. The zero-order valence-electron chi connectivity index (χ0n) is 12.8. The summed E-state index contributed by atoms with van der Waals surface area (Å²) < 4.78 is 0. The summed E-state index contributed by atoms with van der Waals surface area (Å²) in [7, 11) is 1.98. The van der Waals surface area contributed by atoms with Gasteiger partial charge in [-0.25, -0.2) is 4.98 Å². The van der Waals surface area contributed by atoms with E-state index in [9.17, 15) is 0 Å². The van der Waals surface area contributed by atoms with Gasteiger partial charge in [-0.2, -0.15) is 0 Å². The van der Waals surface area contributed by atoms with Gasteiger partial charge in [0.25, 0.3) is 0 Å². The van der Waals surface area contributed by atoms with Gasteiger partial charge in [-0.05, 0) is 31.4 Å². The molecule has 112 valence electrons. The van der Waals surface area contributed by atoms with Crippen molar-refractivity contribution in [3.05, 3.63) is 40.2 Å². The maximum atomic E-state index is 4.74. The van der Waals surface area contributed by atoms with E-state index < -0.39 is 0 Å². The standard InChI is InChI=1S/C18H24N2S/c1-19-12-11-18-20-17(13-21-18)16-9-7-15(8-10-16)14-5-3-2-4-6-14/h7-10,13-14,19H,2-6,11-12H2,1H3. The molecule has 1 aliphatic rings. The van der Waals surface area contributed by atoms with Crippen molar-refractivity contribution in [1.82, 2.24) is 10.3 Å². The largest absolute Gasteiger partial charge is 0.319 e. The van der Waals surface area contributed by atoms with Crippen molar-refractivity contribution >= 4 is 11.3 Å². The SMILES string of the molecule is CNCCc1nc(-c2ccc(C3CCCCC3)cc2)cs1. The van der Waals surface area contributed by atoms with Gasteiger partial charge in [0, 0.05) is 23.9 Å². The summed E-state index contributed by atoms with van der Waals surface area (Å²) >= 11 is 1.77. The van der Waals surface area contributed by atoms with Crippen molar-refractivity contribution in [2.75, 3.05) is 13.6 Å². The van der Waals surface area contributed by atoms with Crippen LogP contribution in [0.5, 0.6) is 0 Å². The highest BCUT2D eigenvalue weighted by Crippen LogP contribution is 2.33. The Hall–Kier alpha value is -1.19. The van der Waals surface area contributed by atoms with Gasteiger partial charge in [-0.1, -0.05) is 43.5 Å². The Balaban J connectivity index is 1.69.